The van der Waals surface area contributed by atoms with Crippen LogP contribution in [0.3, 0.4) is 0 Å². The number of thioether (sulfide) groups is 1. The molecular formula is C10H22N2OS. The molecule has 0 atom stereocenters. The zero-order valence-corrected chi connectivity index (χ0v) is 10.1. The Morgan fingerprint density at radius 2 is 2.00 bits per heavy atom. The molecule has 1 rings (SSSR count). The van der Waals surface area contributed by atoms with Gasteiger partial charge in [0.25, 0.3) is 0 Å². The van der Waals surface area contributed by atoms with Gasteiger partial charge in [0, 0.05) is 44.2 Å². The molecule has 1 heterocycles. The molecule has 1 fully saturated rings. The van der Waals surface area contributed by atoms with Crippen LogP contribution in [0, 0.1) is 0 Å². The molecule has 4 heteroatoms. The van der Waals surface area contributed by atoms with Crippen LogP contribution in [0.5, 0.6) is 0 Å². The average molecular weight is 218 g/mol. The molecule has 0 aliphatic carbocycles. The topological polar surface area (TPSA) is 35.5 Å². The van der Waals surface area contributed by atoms with Crippen molar-refractivity contribution >= 4 is 11.8 Å². The molecule has 0 unspecified atom stereocenters. The molecule has 0 saturated carbocycles. The van der Waals surface area contributed by atoms with Gasteiger partial charge < -0.3 is 15.3 Å². The lowest BCUT2D eigenvalue weighted by molar-refractivity contribution is 0.0791. The molecular weight excluding hydrogens is 196 g/mol. The van der Waals surface area contributed by atoms with E-state index < -0.39 is 5.60 Å². The summed E-state index contributed by atoms with van der Waals surface area (Å²) < 4.78 is 0. The van der Waals surface area contributed by atoms with Crippen LogP contribution >= 0.6 is 11.8 Å². The Kier molecular flexibility index (Phi) is 5.23. The molecule has 84 valence electrons. The fourth-order valence-electron chi connectivity index (χ4n) is 1.46. The summed E-state index contributed by atoms with van der Waals surface area (Å²) in [6, 6.07) is 0. The summed E-state index contributed by atoms with van der Waals surface area (Å²) in [7, 11) is 0. The minimum atomic E-state index is -0.586. The highest BCUT2D eigenvalue weighted by Crippen LogP contribution is 2.07. The third kappa shape index (κ3) is 5.86. The minimum absolute atomic E-state index is 0.586. The number of hydrogen-bond acceptors (Lipinski definition) is 4. The van der Waals surface area contributed by atoms with Gasteiger partial charge in [-0.2, -0.15) is 11.8 Å². The number of aliphatic hydroxyl groups is 1. The highest BCUT2D eigenvalue weighted by Gasteiger charge is 2.12. The van der Waals surface area contributed by atoms with Crippen LogP contribution in [0.1, 0.15) is 13.8 Å². The normalized spacial score (nSPS) is 19.9. The van der Waals surface area contributed by atoms with Gasteiger partial charge >= 0.3 is 0 Å². The molecule has 2 N–H and O–H groups in total. The summed E-state index contributed by atoms with van der Waals surface area (Å²) in [5.41, 5.74) is -0.586. The largest absolute Gasteiger partial charge is 0.389 e. The number of rotatable bonds is 5. The predicted molar refractivity (Wildman–Crippen MR) is 62.9 cm³/mol. The lowest BCUT2D eigenvalue weighted by Gasteiger charge is -2.26. The second kappa shape index (κ2) is 5.95. The third-order valence-corrected chi connectivity index (χ3v) is 3.21. The van der Waals surface area contributed by atoms with Gasteiger partial charge in [0.05, 0.1) is 5.60 Å². The van der Waals surface area contributed by atoms with Crippen LogP contribution in [0.4, 0.5) is 0 Å². The maximum Gasteiger partial charge on any atom is 0.0715 e. The quantitative estimate of drug-likeness (QED) is 0.655. The molecule has 1 aliphatic heterocycles. The van der Waals surface area contributed by atoms with E-state index in [0.717, 1.165) is 13.1 Å². The van der Waals surface area contributed by atoms with Crippen molar-refractivity contribution < 1.29 is 5.11 Å². The Morgan fingerprint density at radius 3 is 2.57 bits per heavy atom. The van der Waals surface area contributed by atoms with Crippen molar-refractivity contribution in [2.24, 2.45) is 0 Å². The first-order valence-corrected chi connectivity index (χ1v) is 6.47. The fourth-order valence-corrected chi connectivity index (χ4v) is 2.43. The number of hydrogen-bond donors (Lipinski definition) is 2. The summed E-state index contributed by atoms with van der Waals surface area (Å²) in [6.45, 7) is 8.86. The van der Waals surface area contributed by atoms with E-state index in [0.29, 0.717) is 6.54 Å². The molecule has 0 aromatic carbocycles. The van der Waals surface area contributed by atoms with Crippen LogP contribution in [-0.2, 0) is 0 Å². The summed E-state index contributed by atoms with van der Waals surface area (Å²) in [4.78, 5) is 2.48. The summed E-state index contributed by atoms with van der Waals surface area (Å²) in [5.74, 6) is 2.54. The van der Waals surface area contributed by atoms with Crippen molar-refractivity contribution in [3.8, 4) is 0 Å². The molecule has 0 aromatic rings. The molecule has 3 nitrogen and oxygen atoms in total. The highest BCUT2D eigenvalue weighted by atomic mass is 32.2. The van der Waals surface area contributed by atoms with E-state index in [9.17, 15) is 5.11 Å². The minimum Gasteiger partial charge on any atom is -0.389 e. The smallest absolute Gasteiger partial charge is 0.0715 e. The van der Waals surface area contributed by atoms with E-state index in [1.165, 1.54) is 24.6 Å². The Hall–Kier alpha value is 0.230. The van der Waals surface area contributed by atoms with Crippen LogP contribution in [0.25, 0.3) is 0 Å². The molecule has 14 heavy (non-hydrogen) atoms. The Bertz CT molecular complexity index is 153. The van der Waals surface area contributed by atoms with E-state index in [-0.39, 0.29) is 0 Å². The molecule has 0 amide bonds. The Balaban J connectivity index is 1.97. The zero-order valence-electron chi connectivity index (χ0n) is 9.25. The summed E-state index contributed by atoms with van der Waals surface area (Å²) in [6.07, 6.45) is 0. The first kappa shape index (κ1) is 12.3. The van der Waals surface area contributed by atoms with Crippen molar-refractivity contribution in [1.29, 1.82) is 0 Å². The predicted octanol–water partition coefficient (Wildman–Crippen LogP) is 0.396. The molecule has 0 bridgehead atoms. The van der Waals surface area contributed by atoms with Crippen molar-refractivity contribution in [3.63, 3.8) is 0 Å². The van der Waals surface area contributed by atoms with E-state index in [2.05, 4.69) is 10.2 Å². The average Bonchev–Trinajstić information content (AvgIpc) is 2.13. The van der Waals surface area contributed by atoms with Gasteiger partial charge in [0.2, 0.25) is 0 Å². The van der Waals surface area contributed by atoms with E-state index >= 15 is 0 Å². The van der Waals surface area contributed by atoms with Crippen LogP contribution in [0.2, 0.25) is 0 Å². The molecule has 0 radical (unpaired) electrons. The van der Waals surface area contributed by atoms with Gasteiger partial charge in [0.1, 0.15) is 0 Å². The van der Waals surface area contributed by atoms with Gasteiger partial charge in [0.15, 0.2) is 0 Å². The number of nitrogens with one attached hydrogen (secondary N) is 1. The molecule has 1 aliphatic rings. The lowest BCUT2D eigenvalue weighted by atomic mass is 10.1. The second-order valence-corrected chi connectivity index (χ2v) is 5.67. The van der Waals surface area contributed by atoms with Crippen molar-refractivity contribution in [2.75, 3.05) is 44.2 Å². The third-order valence-electron chi connectivity index (χ3n) is 2.27. The van der Waals surface area contributed by atoms with Gasteiger partial charge in [-0.25, -0.2) is 0 Å². The van der Waals surface area contributed by atoms with E-state index in [1.807, 2.05) is 25.6 Å². The summed E-state index contributed by atoms with van der Waals surface area (Å²) >= 11 is 2.04. The SMILES string of the molecule is CC(C)(O)CNCCN1CCSCC1. The van der Waals surface area contributed by atoms with Crippen molar-refractivity contribution in [2.45, 2.75) is 19.4 Å². The Labute approximate surface area is 91.2 Å². The van der Waals surface area contributed by atoms with Crippen molar-refractivity contribution in [3.05, 3.63) is 0 Å². The first-order valence-electron chi connectivity index (χ1n) is 5.31. The van der Waals surface area contributed by atoms with Gasteiger partial charge in [-0.15, -0.1) is 0 Å². The standard InChI is InChI=1S/C10H22N2OS/c1-10(2,13)9-11-3-4-12-5-7-14-8-6-12/h11,13H,3-9H2,1-2H3. The molecule has 0 aromatic heterocycles. The molecule has 1 saturated heterocycles. The maximum absolute atomic E-state index is 9.48. The number of nitrogens with zero attached hydrogens (tertiary/aromatic N) is 1. The summed E-state index contributed by atoms with van der Waals surface area (Å²) in [5, 5.41) is 12.7. The highest BCUT2D eigenvalue weighted by molar-refractivity contribution is 7.99. The van der Waals surface area contributed by atoms with E-state index in [4.69, 9.17) is 0 Å². The van der Waals surface area contributed by atoms with Gasteiger partial charge in [-0.1, -0.05) is 0 Å². The zero-order chi connectivity index (χ0) is 10.4. The second-order valence-electron chi connectivity index (χ2n) is 4.44. The van der Waals surface area contributed by atoms with Crippen LogP contribution in [0.15, 0.2) is 0 Å². The van der Waals surface area contributed by atoms with Gasteiger partial charge in [-0.05, 0) is 13.8 Å². The van der Waals surface area contributed by atoms with Crippen LogP contribution in [-0.4, -0.2) is 59.8 Å². The van der Waals surface area contributed by atoms with Crippen LogP contribution < -0.4 is 5.32 Å². The van der Waals surface area contributed by atoms with Gasteiger partial charge in [-0.3, -0.25) is 0 Å². The Morgan fingerprint density at radius 1 is 1.36 bits per heavy atom. The van der Waals surface area contributed by atoms with E-state index in [1.54, 1.807) is 0 Å². The maximum atomic E-state index is 9.48. The fraction of sp³-hybridized carbons (Fsp3) is 1.00. The van der Waals surface area contributed by atoms with Crippen molar-refractivity contribution in [1.82, 2.24) is 10.2 Å². The first-order chi connectivity index (χ1) is 6.58. The monoisotopic (exact) mass is 218 g/mol. The lowest BCUT2D eigenvalue weighted by Crippen LogP contribution is -2.41. The molecule has 0 spiro atoms.